The van der Waals surface area contributed by atoms with Gasteiger partial charge in [-0.2, -0.15) is 0 Å². The number of hydrogen-bond donors (Lipinski definition) is 1. The van der Waals surface area contributed by atoms with Crippen LogP contribution in [0, 0.1) is 0 Å². The number of carbonyl (C=O) groups is 1. The van der Waals surface area contributed by atoms with Crippen LogP contribution in [-0.2, 0) is 54.6 Å². The molecule has 2 aromatic heterocycles. The number of anilines is 1. The molecule has 0 spiro atoms. The Morgan fingerprint density at radius 1 is 0.633 bits per heavy atom. The number of hydrogen-bond acceptors (Lipinski definition) is 15. The molecular formula is C69H83Cl4N11O6. The second kappa shape index (κ2) is 35.2. The van der Waals surface area contributed by atoms with Crippen LogP contribution >= 0.6 is 46.4 Å². The Kier molecular flexibility index (Phi) is 26.3. The zero-order valence-electron chi connectivity index (χ0n) is 51.5. The van der Waals surface area contributed by atoms with E-state index in [1.165, 1.54) is 21.9 Å². The van der Waals surface area contributed by atoms with E-state index in [2.05, 4.69) is 109 Å². The van der Waals surface area contributed by atoms with Gasteiger partial charge in [-0.3, -0.25) is 19.5 Å². The fourth-order valence-corrected chi connectivity index (χ4v) is 12.3. The van der Waals surface area contributed by atoms with Crippen LogP contribution in [0.3, 0.4) is 0 Å². The van der Waals surface area contributed by atoms with Crippen molar-refractivity contribution in [1.82, 2.24) is 49.5 Å². The average Bonchev–Trinajstić information content (AvgIpc) is 1.25. The number of benzene rings is 6. The fraction of sp³-hybridized carbons (Fsp3) is 0.435. The SMILES string of the molecule is CN(CCCNc1nc(CN2CCN(C(c3ccc(Cl)cc3)c3ccc(Cl)cc3)CC2)nc2ccccc12)CCOCCOCCOCCOCCn1cc(CCCC(=O)N2CCN(CC(OCc3ccc4ccccc4c3)c3ccc(Cl)cc3Cl)CC2)nn1. The lowest BCUT2D eigenvalue weighted by molar-refractivity contribution is -0.133. The molecule has 1 amide bonds. The predicted molar refractivity (Wildman–Crippen MR) is 359 cm³/mol. The van der Waals surface area contributed by atoms with Gasteiger partial charge in [0.2, 0.25) is 5.91 Å². The lowest BCUT2D eigenvalue weighted by Crippen LogP contribution is -2.49. The van der Waals surface area contributed by atoms with Gasteiger partial charge in [-0.05, 0) is 115 Å². The summed E-state index contributed by atoms with van der Waals surface area (Å²) in [5, 5.41) is 18.3. The van der Waals surface area contributed by atoms with E-state index in [0.717, 1.165) is 115 Å². The Hall–Kier alpha value is -5.87. The van der Waals surface area contributed by atoms with Crippen molar-refractivity contribution in [3.63, 3.8) is 0 Å². The normalized spacial score (nSPS) is 14.8. The van der Waals surface area contributed by atoms with Crippen LogP contribution < -0.4 is 5.32 Å². The Morgan fingerprint density at radius 3 is 1.99 bits per heavy atom. The molecule has 1 N–H and O–H groups in total. The number of carbonyl (C=O) groups excluding carboxylic acids is 1. The van der Waals surface area contributed by atoms with Crippen molar-refractivity contribution in [2.24, 2.45) is 0 Å². The summed E-state index contributed by atoms with van der Waals surface area (Å²) in [6, 6.07) is 45.0. The standard InChI is InChI=1S/C69H83Cl4N11O6/c1-79(27-7-26-74-69-62-11-4-5-12-64(62)75-66(76-69)50-81-30-34-83(35-31-81)68(54-16-20-57(70)21-17-54)55-18-22-58(71)23-19-55)36-38-86-40-42-88-44-45-89-43-41-87-39-37-84-48-60(77-78-84)10-6-13-67(85)82-32-28-80(29-33-82)49-65(61-25-24-59(72)47-63(61)73)90-51-52-14-15-53-8-2-3-9-56(53)46-52/h2-5,8-9,11-12,14-25,46-48,65,68H,6-7,10,13,26-45,49-51H2,1H3,(H,74,75,76). The maximum absolute atomic E-state index is 13.3. The largest absolute Gasteiger partial charge is 0.378 e. The number of para-hydroxylation sites is 1. The van der Waals surface area contributed by atoms with Gasteiger partial charge < -0.3 is 38.8 Å². The van der Waals surface area contributed by atoms with E-state index in [4.69, 9.17) is 80.1 Å². The number of fused-ring (bicyclic) bond motifs is 2. The molecule has 2 saturated heterocycles. The van der Waals surface area contributed by atoms with E-state index >= 15 is 0 Å². The van der Waals surface area contributed by atoms with Gasteiger partial charge in [0.15, 0.2) is 0 Å². The summed E-state index contributed by atoms with van der Waals surface area (Å²) < 4.78 is 31.4. The number of rotatable bonds is 35. The molecule has 8 aromatic rings. The van der Waals surface area contributed by atoms with Crippen molar-refractivity contribution in [3.05, 3.63) is 194 Å². The maximum atomic E-state index is 13.3. The highest BCUT2D eigenvalue weighted by Gasteiger charge is 2.29. The monoisotopic (exact) mass is 1300 g/mol. The van der Waals surface area contributed by atoms with Crippen LogP contribution in [0.5, 0.6) is 0 Å². The third-order valence-electron chi connectivity index (χ3n) is 16.5. The first-order valence-corrected chi connectivity index (χ1v) is 33.0. The fourth-order valence-electron chi connectivity index (χ4n) is 11.5. The molecule has 0 radical (unpaired) electrons. The van der Waals surface area contributed by atoms with E-state index in [0.29, 0.717) is 121 Å². The molecule has 0 bridgehead atoms. The van der Waals surface area contributed by atoms with Crippen LogP contribution in [-0.4, -0.2) is 194 Å². The molecular weight excluding hydrogens is 1220 g/mol. The molecule has 478 valence electrons. The molecule has 21 heteroatoms. The van der Waals surface area contributed by atoms with E-state index in [-0.39, 0.29) is 18.1 Å². The minimum atomic E-state index is -0.267. The zero-order valence-corrected chi connectivity index (χ0v) is 54.5. The molecule has 17 nitrogen and oxygen atoms in total. The van der Waals surface area contributed by atoms with Crippen LogP contribution in [0.15, 0.2) is 140 Å². The lowest BCUT2D eigenvalue weighted by Gasteiger charge is -2.39. The van der Waals surface area contributed by atoms with E-state index in [9.17, 15) is 4.79 Å². The minimum Gasteiger partial charge on any atom is -0.378 e. The summed E-state index contributed by atoms with van der Waals surface area (Å²) in [5.74, 6) is 1.87. The highest BCUT2D eigenvalue weighted by Crippen LogP contribution is 2.33. The van der Waals surface area contributed by atoms with Crippen LogP contribution in [0.4, 0.5) is 5.82 Å². The highest BCUT2D eigenvalue weighted by atomic mass is 35.5. The number of ether oxygens (including phenoxy) is 5. The third-order valence-corrected chi connectivity index (χ3v) is 17.6. The summed E-state index contributed by atoms with van der Waals surface area (Å²) in [6.07, 6.45) is 4.46. The Labute approximate surface area is 549 Å². The van der Waals surface area contributed by atoms with E-state index in [1.54, 1.807) is 10.7 Å². The predicted octanol–water partition coefficient (Wildman–Crippen LogP) is 11.8. The highest BCUT2D eigenvalue weighted by molar-refractivity contribution is 6.35. The first-order chi connectivity index (χ1) is 44.1. The molecule has 0 saturated carbocycles. The lowest BCUT2D eigenvalue weighted by atomic mass is 9.96. The zero-order chi connectivity index (χ0) is 62.3. The van der Waals surface area contributed by atoms with Crippen LogP contribution in [0.1, 0.15) is 65.2 Å². The number of aromatic nitrogens is 5. The number of nitrogens with zero attached hydrogens (tertiary/aromatic N) is 10. The molecule has 2 aliphatic rings. The maximum Gasteiger partial charge on any atom is 0.222 e. The van der Waals surface area contributed by atoms with E-state index in [1.807, 2.05) is 71.8 Å². The molecule has 4 heterocycles. The van der Waals surface area contributed by atoms with Crippen molar-refractivity contribution in [2.75, 3.05) is 144 Å². The summed E-state index contributed by atoms with van der Waals surface area (Å²) in [5.41, 5.74) is 6.23. The molecule has 0 aliphatic carbocycles. The number of halogens is 4. The number of nitrogens with one attached hydrogen (secondary N) is 1. The van der Waals surface area contributed by atoms with Crippen molar-refractivity contribution >= 4 is 79.8 Å². The van der Waals surface area contributed by atoms with Crippen LogP contribution in [0.25, 0.3) is 21.7 Å². The Balaban J connectivity index is 0.524. The first-order valence-electron chi connectivity index (χ1n) is 31.5. The minimum absolute atomic E-state index is 0.108. The van der Waals surface area contributed by atoms with Gasteiger partial charge in [0.25, 0.3) is 0 Å². The van der Waals surface area contributed by atoms with Crippen molar-refractivity contribution in [2.45, 2.75) is 57.5 Å². The molecule has 2 fully saturated rings. The Bertz CT molecular complexity index is 3430. The van der Waals surface area contributed by atoms with Gasteiger partial charge in [0, 0.05) is 116 Å². The summed E-state index contributed by atoms with van der Waals surface area (Å²) in [6.45, 7) is 15.4. The van der Waals surface area contributed by atoms with Crippen molar-refractivity contribution < 1.29 is 28.5 Å². The number of likely N-dealkylation sites (N-methyl/N-ethyl adjacent to an activating group) is 1. The molecule has 90 heavy (non-hydrogen) atoms. The average molecular weight is 1300 g/mol. The Morgan fingerprint density at radius 2 is 1.28 bits per heavy atom. The summed E-state index contributed by atoms with van der Waals surface area (Å²) in [4.78, 5) is 34.9. The number of amides is 1. The van der Waals surface area contributed by atoms with Gasteiger partial charge in [-0.15, -0.1) is 5.10 Å². The second-order valence-electron chi connectivity index (χ2n) is 23.0. The van der Waals surface area contributed by atoms with E-state index < -0.39 is 0 Å². The smallest absolute Gasteiger partial charge is 0.222 e. The van der Waals surface area contributed by atoms with Crippen LogP contribution in [0.2, 0.25) is 20.1 Å². The van der Waals surface area contributed by atoms with Gasteiger partial charge in [0.1, 0.15) is 11.6 Å². The molecule has 1 unspecified atom stereocenters. The number of aryl methyl sites for hydroxylation is 1. The summed E-state index contributed by atoms with van der Waals surface area (Å²) in [7, 11) is 2.12. The van der Waals surface area contributed by atoms with Crippen molar-refractivity contribution in [3.8, 4) is 0 Å². The summed E-state index contributed by atoms with van der Waals surface area (Å²) >= 11 is 25.5. The molecule has 1 atom stereocenters. The van der Waals surface area contributed by atoms with Gasteiger partial charge >= 0.3 is 0 Å². The topological polar surface area (TPSA) is 148 Å². The van der Waals surface area contributed by atoms with Gasteiger partial charge in [-0.25, -0.2) is 14.6 Å². The first kappa shape index (κ1) is 67.0. The third kappa shape index (κ3) is 20.6. The molecule has 6 aromatic carbocycles. The van der Waals surface area contributed by atoms with Gasteiger partial charge in [0.05, 0.1) is 95.9 Å². The number of piperazine rings is 2. The molecule has 10 rings (SSSR count). The quantitative estimate of drug-likeness (QED) is 0.0375. The second-order valence-corrected chi connectivity index (χ2v) is 24.7. The van der Waals surface area contributed by atoms with Crippen molar-refractivity contribution in [1.29, 1.82) is 0 Å². The molecule has 2 aliphatic heterocycles. The van der Waals surface area contributed by atoms with Gasteiger partial charge in [-0.1, -0.05) is 130 Å².